The smallest absolute Gasteiger partial charge is 0.249 e. The Morgan fingerprint density at radius 2 is 2.18 bits per heavy atom. The molecule has 7 nitrogen and oxygen atoms in total. The van der Waals surface area contributed by atoms with Crippen LogP contribution < -0.4 is 5.32 Å². The summed E-state index contributed by atoms with van der Waals surface area (Å²) in [5.74, 6) is -0.366. The lowest BCUT2D eigenvalue weighted by atomic mass is 10.2. The summed E-state index contributed by atoms with van der Waals surface area (Å²) in [6, 6.07) is -0.453. The molecule has 0 saturated heterocycles. The van der Waals surface area contributed by atoms with Gasteiger partial charge >= 0.3 is 0 Å². The number of rotatable bonds is 5. The van der Waals surface area contributed by atoms with Crippen LogP contribution in [0, 0.1) is 6.92 Å². The van der Waals surface area contributed by atoms with Crippen LogP contribution in [0.1, 0.15) is 31.1 Å². The molecule has 0 aromatic carbocycles. The first-order valence-corrected chi connectivity index (χ1v) is 7.15. The summed E-state index contributed by atoms with van der Waals surface area (Å²) in [5, 5.41) is 6.15. The van der Waals surface area contributed by atoms with E-state index in [0.717, 1.165) is 6.26 Å². The Balaban J connectivity index is 2.68. The number of sulfone groups is 1. The van der Waals surface area contributed by atoms with Crippen molar-refractivity contribution >= 4 is 15.7 Å². The zero-order valence-corrected chi connectivity index (χ0v) is 10.7. The maximum Gasteiger partial charge on any atom is 0.249 e. The standard InChI is InChI=1S/C9H15N3O4S/c1-4-7(9-10-6(2)12-16-9)11-8(13)5-17(3,14)15/h7H,4-5H2,1-3H3,(H,11,13). The van der Waals surface area contributed by atoms with Crippen LogP contribution in [0.5, 0.6) is 0 Å². The highest BCUT2D eigenvalue weighted by Gasteiger charge is 2.20. The summed E-state index contributed by atoms with van der Waals surface area (Å²) >= 11 is 0. The molecule has 0 aliphatic rings. The molecule has 1 rings (SSSR count). The quantitative estimate of drug-likeness (QED) is 0.799. The van der Waals surface area contributed by atoms with Crippen LogP contribution in [0.25, 0.3) is 0 Å². The van der Waals surface area contributed by atoms with E-state index in [1.165, 1.54) is 0 Å². The first kappa shape index (κ1) is 13.6. The van der Waals surface area contributed by atoms with Gasteiger partial charge in [-0.05, 0) is 13.3 Å². The number of carbonyl (C=O) groups is 1. The van der Waals surface area contributed by atoms with Crippen LogP contribution in [-0.4, -0.2) is 36.5 Å². The van der Waals surface area contributed by atoms with Crippen LogP contribution in [0.15, 0.2) is 4.52 Å². The van der Waals surface area contributed by atoms with Gasteiger partial charge in [-0.15, -0.1) is 0 Å². The first-order chi connectivity index (χ1) is 7.81. The van der Waals surface area contributed by atoms with Crippen molar-refractivity contribution < 1.29 is 17.7 Å². The summed E-state index contributed by atoms with van der Waals surface area (Å²) in [4.78, 5) is 15.4. The van der Waals surface area contributed by atoms with Crippen molar-refractivity contribution in [2.75, 3.05) is 12.0 Å². The molecule has 0 bridgehead atoms. The zero-order valence-electron chi connectivity index (χ0n) is 9.93. The summed E-state index contributed by atoms with van der Waals surface area (Å²) < 4.78 is 26.8. The highest BCUT2D eigenvalue weighted by atomic mass is 32.2. The van der Waals surface area contributed by atoms with Gasteiger partial charge in [-0.2, -0.15) is 4.98 Å². The molecular formula is C9H15N3O4S. The number of hydrogen-bond acceptors (Lipinski definition) is 6. The number of nitrogens with zero attached hydrogens (tertiary/aromatic N) is 2. The largest absolute Gasteiger partial charge is 0.343 e. The molecule has 8 heteroatoms. The van der Waals surface area contributed by atoms with Crippen molar-refractivity contribution in [2.45, 2.75) is 26.3 Å². The zero-order chi connectivity index (χ0) is 13.1. The molecule has 0 saturated carbocycles. The minimum Gasteiger partial charge on any atom is -0.343 e. The minimum absolute atomic E-state index is 0.284. The van der Waals surface area contributed by atoms with Gasteiger partial charge in [-0.1, -0.05) is 12.1 Å². The minimum atomic E-state index is -3.33. The molecule has 0 fully saturated rings. The number of aromatic nitrogens is 2. The Kier molecular flexibility index (Phi) is 4.22. The van der Waals surface area contributed by atoms with Gasteiger partial charge in [-0.25, -0.2) is 8.42 Å². The van der Waals surface area contributed by atoms with Crippen LogP contribution in [0.3, 0.4) is 0 Å². The topological polar surface area (TPSA) is 102 Å². The number of hydrogen-bond donors (Lipinski definition) is 1. The van der Waals surface area contributed by atoms with E-state index in [0.29, 0.717) is 12.2 Å². The van der Waals surface area contributed by atoms with Crippen LogP contribution in [0.2, 0.25) is 0 Å². The van der Waals surface area contributed by atoms with Crippen molar-refractivity contribution in [3.8, 4) is 0 Å². The van der Waals surface area contributed by atoms with Gasteiger partial charge in [0, 0.05) is 6.26 Å². The SMILES string of the molecule is CCC(NC(=O)CS(C)(=O)=O)c1nc(C)no1. The average molecular weight is 261 g/mol. The summed E-state index contributed by atoms with van der Waals surface area (Å²) in [6.45, 7) is 3.49. The molecule has 1 unspecified atom stereocenters. The number of amides is 1. The molecule has 1 N–H and O–H groups in total. The van der Waals surface area contributed by atoms with Crippen molar-refractivity contribution in [2.24, 2.45) is 0 Å². The Labute approximate surface area is 99.5 Å². The van der Waals surface area contributed by atoms with E-state index in [1.54, 1.807) is 6.92 Å². The number of carbonyl (C=O) groups excluding carboxylic acids is 1. The van der Waals surface area contributed by atoms with E-state index in [9.17, 15) is 13.2 Å². The molecule has 0 radical (unpaired) electrons. The Morgan fingerprint density at radius 1 is 1.53 bits per heavy atom. The highest BCUT2D eigenvalue weighted by Crippen LogP contribution is 2.13. The molecule has 0 spiro atoms. The van der Waals surface area contributed by atoms with Crippen molar-refractivity contribution in [3.05, 3.63) is 11.7 Å². The third kappa shape index (κ3) is 4.51. The fraction of sp³-hybridized carbons (Fsp3) is 0.667. The Hall–Kier alpha value is -1.44. The van der Waals surface area contributed by atoms with Gasteiger partial charge in [0.15, 0.2) is 15.7 Å². The highest BCUT2D eigenvalue weighted by molar-refractivity contribution is 7.91. The third-order valence-electron chi connectivity index (χ3n) is 1.98. The maximum absolute atomic E-state index is 11.4. The van der Waals surface area contributed by atoms with Crippen LogP contribution >= 0.6 is 0 Å². The van der Waals surface area contributed by atoms with Crippen molar-refractivity contribution in [1.29, 1.82) is 0 Å². The molecular weight excluding hydrogens is 246 g/mol. The predicted octanol–water partition coefficient (Wildman–Crippen LogP) is -0.0101. The molecule has 1 aromatic heterocycles. The molecule has 17 heavy (non-hydrogen) atoms. The number of aryl methyl sites for hydroxylation is 1. The fourth-order valence-corrected chi connectivity index (χ4v) is 1.83. The second-order valence-electron chi connectivity index (χ2n) is 3.78. The van der Waals surface area contributed by atoms with Crippen molar-refractivity contribution in [1.82, 2.24) is 15.5 Å². The second kappa shape index (κ2) is 5.26. The van der Waals surface area contributed by atoms with Gasteiger partial charge in [0.2, 0.25) is 11.8 Å². The molecule has 96 valence electrons. The molecule has 1 amide bonds. The predicted molar refractivity (Wildman–Crippen MR) is 59.9 cm³/mol. The number of nitrogens with one attached hydrogen (secondary N) is 1. The van der Waals surface area contributed by atoms with E-state index in [2.05, 4.69) is 15.5 Å². The van der Waals surface area contributed by atoms with Gasteiger partial charge < -0.3 is 9.84 Å². The lowest BCUT2D eigenvalue weighted by Crippen LogP contribution is -2.33. The monoisotopic (exact) mass is 261 g/mol. The molecule has 0 aliphatic carbocycles. The summed E-state index contributed by atoms with van der Waals surface area (Å²) in [7, 11) is -3.33. The second-order valence-corrected chi connectivity index (χ2v) is 5.92. The molecule has 1 atom stereocenters. The van der Waals surface area contributed by atoms with Crippen molar-refractivity contribution in [3.63, 3.8) is 0 Å². The van der Waals surface area contributed by atoms with Crippen LogP contribution in [0.4, 0.5) is 0 Å². The Morgan fingerprint density at radius 3 is 2.59 bits per heavy atom. The first-order valence-electron chi connectivity index (χ1n) is 5.09. The normalized spacial score (nSPS) is 13.4. The summed E-state index contributed by atoms with van der Waals surface area (Å²) in [5.41, 5.74) is 0. The molecule has 0 aliphatic heterocycles. The average Bonchev–Trinajstić information content (AvgIpc) is 2.58. The summed E-state index contributed by atoms with van der Waals surface area (Å²) in [6.07, 6.45) is 1.54. The fourth-order valence-electron chi connectivity index (χ4n) is 1.27. The van der Waals surface area contributed by atoms with Gasteiger partial charge in [-0.3, -0.25) is 4.79 Å². The van der Waals surface area contributed by atoms with Crippen LogP contribution in [-0.2, 0) is 14.6 Å². The Bertz CT molecular complexity index is 494. The third-order valence-corrected chi connectivity index (χ3v) is 2.76. The molecule has 1 aromatic rings. The van der Waals surface area contributed by atoms with Gasteiger partial charge in [0.05, 0.1) is 0 Å². The van der Waals surface area contributed by atoms with E-state index in [1.807, 2.05) is 6.92 Å². The van der Waals surface area contributed by atoms with E-state index >= 15 is 0 Å². The molecule has 1 heterocycles. The van der Waals surface area contributed by atoms with E-state index in [-0.39, 0.29) is 5.89 Å². The van der Waals surface area contributed by atoms with Gasteiger partial charge in [0.1, 0.15) is 11.8 Å². The van der Waals surface area contributed by atoms with E-state index < -0.39 is 27.5 Å². The lowest BCUT2D eigenvalue weighted by molar-refractivity contribution is -0.119. The lowest BCUT2D eigenvalue weighted by Gasteiger charge is -2.11. The maximum atomic E-state index is 11.4. The van der Waals surface area contributed by atoms with E-state index in [4.69, 9.17) is 4.52 Å². The van der Waals surface area contributed by atoms with Gasteiger partial charge in [0.25, 0.3) is 0 Å².